The maximum absolute atomic E-state index is 3.00. The van der Waals surface area contributed by atoms with Crippen molar-refractivity contribution in [2.45, 2.75) is 121 Å². The number of rotatable bonds is 6. The summed E-state index contributed by atoms with van der Waals surface area (Å²) in [5, 5.41) is 0. The van der Waals surface area contributed by atoms with Crippen LogP contribution in [0.15, 0.2) is 90.3 Å². The van der Waals surface area contributed by atoms with Crippen LogP contribution in [-0.4, -0.2) is 35.9 Å². The Labute approximate surface area is 292 Å². The number of nitrogens with zero attached hydrogens (tertiary/aromatic N) is 2. The van der Waals surface area contributed by atoms with Gasteiger partial charge in [0.05, 0.1) is 0 Å². The van der Waals surface area contributed by atoms with Gasteiger partial charge in [0, 0.05) is 49.6 Å². The van der Waals surface area contributed by atoms with Crippen molar-refractivity contribution < 1.29 is 19.5 Å². The molecule has 7 rings (SSSR count). The quantitative estimate of drug-likeness (QED) is 0.185. The van der Waals surface area contributed by atoms with Crippen molar-refractivity contribution >= 4 is 24.1 Å². The molecule has 0 spiro atoms. The van der Waals surface area contributed by atoms with E-state index in [0.29, 0.717) is 5.66 Å². The van der Waals surface area contributed by atoms with E-state index in [2.05, 4.69) is 108 Å². The molecule has 4 fully saturated rings. The van der Waals surface area contributed by atoms with Crippen molar-refractivity contribution in [3.8, 4) is 0 Å². The number of aryl methyl sites for hydroxylation is 2. The van der Waals surface area contributed by atoms with E-state index in [9.17, 15) is 0 Å². The number of benzene rings is 3. The van der Waals surface area contributed by atoms with E-state index in [1.165, 1.54) is 118 Å². The number of allylic oxidation sites excluding steroid dienone is 1. The van der Waals surface area contributed by atoms with Crippen molar-refractivity contribution in [1.29, 1.82) is 0 Å². The van der Waals surface area contributed by atoms with Crippen molar-refractivity contribution in [2.24, 2.45) is 0 Å². The topological polar surface area (TPSA) is 6.48 Å². The van der Waals surface area contributed by atoms with Gasteiger partial charge in [-0.2, -0.15) is 0 Å². The van der Waals surface area contributed by atoms with Crippen LogP contribution >= 0.6 is 6.89 Å². The summed E-state index contributed by atoms with van der Waals surface area (Å²) >= 11 is 0. The van der Waals surface area contributed by atoms with E-state index in [0.717, 1.165) is 24.4 Å². The van der Waals surface area contributed by atoms with Crippen molar-refractivity contribution in [3.63, 3.8) is 0 Å². The Morgan fingerprint density at radius 1 is 0.565 bits per heavy atom. The van der Waals surface area contributed by atoms with Crippen molar-refractivity contribution in [1.82, 2.24) is 0 Å². The Kier molecular flexibility index (Phi) is 11.3. The van der Waals surface area contributed by atoms with Gasteiger partial charge in [-0.25, -0.2) is 0 Å². The van der Waals surface area contributed by atoms with Gasteiger partial charge in [0.2, 0.25) is 0 Å². The van der Waals surface area contributed by atoms with E-state index < -0.39 is 6.89 Å². The maximum Gasteiger partial charge on any atom is 0.113 e. The number of anilines is 2. The van der Waals surface area contributed by atoms with Crippen LogP contribution in [-0.2, 0) is 19.5 Å². The molecule has 3 aromatic rings. The first kappa shape index (κ1) is 33.8. The third kappa shape index (κ3) is 6.63. The van der Waals surface area contributed by atoms with Crippen LogP contribution in [0.4, 0.5) is 11.4 Å². The van der Waals surface area contributed by atoms with Gasteiger partial charge in [0.1, 0.15) is 5.82 Å². The molecule has 4 aliphatic rings. The number of hydrogen-bond donors (Lipinski definition) is 0. The summed E-state index contributed by atoms with van der Waals surface area (Å²) < 4.78 is 0. The molecule has 0 amide bonds. The van der Waals surface area contributed by atoms with E-state index in [4.69, 9.17) is 0 Å². The molecule has 246 valence electrons. The monoisotopic (exact) mass is 720 g/mol. The SMILES string of the molecule is Cc1ccccc1N1CCN(c2ccccc2C)C1=C1CCCCC1P(=Cc1ccccc1)(C1CCCCC1)C1CCCCC1.[Ru]. The van der Waals surface area contributed by atoms with Crippen LogP contribution in [0.5, 0.6) is 0 Å². The second kappa shape index (κ2) is 15.4. The van der Waals surface area contributed by atoms with Gasteiger partial charge in [-0.1, -0.05) is 124 Å². The summed E-state index contributed by atoms with van der Waals surface area (Å²) in [5.41, 5.74) is 11.4. The van der Waals surface area contributed by atoms with Gasteiger partial charge >= 0.3 is 0 Å². The Hall–Kier alpha value is -2.08. The summed E-state index contributed by atoms with van der Waals surface area (Å²) in [4.78, 5) is 5.52. The summed E-state index contributed by atoms with van der Waals surface area (Å²) in [6, 6.07) is 30.0. The molecule has 1 atom stereocenters. The molecule has 0 N–H and O–H groups in total. The Balaban J connectivity index is 0.00000372. The Morgan fingerprint density at radius 3 is 1.57 bits per heavy atom. The Bertz CT molecular complexity index is 1450. The van der Waals surface area contributed by atoms with Gasteiger partial charge in [0.15, 0.2) is 0 Å². The molecule has 4 heteroatoms. The largest absolute Gasteiger partial charge is 0.326 e. The van der Waals surface area contributed by atoms with Gasteiger partial charge < -0.3 is 9.80 Å². The average Bonchev–Trinajstić information content (AvgIpc) is 3.53. The standard InChI is InChI=1S/C42H55N2P.Ru/c1-33-18-12-15-27-39(33)43-30-31-44(40-28-16-13-19-34(40)2)42(43)38-26-14-17-29-41(38)45(36-22-8-4-9-23-36,37-24-10-5-11-25-37)32-35-20-6-3-7-21-35;/h3,6-7,12-13,15-16,18-21,27-28,32,36-37,41H,4-5,8-11,14,17,22-26,29-31H2,1-2H3;. The third-order valence-electron chi connectivity index (χ3n) is 11.9. The van der Waals surface area contributed by atoms with E-state index in [1.807, 2.05) is 5.57 Å². The zero-order chi connectivity index (χ0) is 30.6. The fourth-order valence-corrected chi connectivity index (χ4v) is 16.7. The van der Waals surface area contributed by atoms with Crippen LogP contribution in [0.1, 0.15) is 107 Å². The van der Waals surface area contributed by atoms with Crippen LogP contribution < -0.4 is 9.80 Å². The van der Waals surface area contributed by atoms with Gasteiger partial charge in [-0.15, -0.1) is 0 Å². The maximum atomic E-state index is 3.00. The third-order valence-corrected chi connectivity index (χ3v) is 17.8. The molecule has 1 heterocycles. The number of hydrogen-bond acceptors (Lipinski definition) is 2. The average molecular weight is 720 g/mol. The second-order valence-corrected chi connectivity index (χ2v) is 18.6. The molecular weight excluding hydrogens is 665 g/mol. The minimum absolute atomic E-state index is 0. The fraction of sp³-hybridized carbons (Fsp3) is 0.500. The summed E-state index contributed by atoms with van der Waals surface area (Å²) in [7, 11) is 0. The van der Waals surface area contributed by atoms with Crippen molar-refractivity contribution in [3.05, 3.63) is 107 Å². The molecule has 1 aliphatic heterocycles. The first-order valence-corrected chi connectivity index (χ1v) is 20.4. The van der Waals surface area contributed by atoms with Gasteiger partial charge in [-0.3, -0.25) is 0 Å². The van der Waals surface area contributed by atoms with Crippen LogP contribution in [0.3, 0.4) is 0 Å². The van der Waals surface area contributed by atoms with E-state index in [-0.39, 0.29) is 19.5 Å². The normalized spacial score (nSPS) is 21.7. The molecule has 0 bridgehead atoms. The molecule has 3 aromatic carbocycles. The molecule has 3 aliphatic carbocycles. The van der Waals surface area contributed by atoms with Crippen molar-refractivity contribution in [2.75, 3.05) is 22.9 Å². The summed E-state index contributed by atoms with van der Waals surface area (Å²) in [6.07, 6.45) is 19.8. The minimum atomic E-state index is -1.55. The summed E-state index contributed by atoms with van der Waals surface area (Å²) in [6.45, 7) is 5.21. The van der Waals surface area contributed by atoms with Crippen LogP contribution in [0.25, 0.3) is 0 Å². The molecule has 3 saturated carbocycles. The van der Waals surface area contributed by atoms with E-state index >= 15 is 0 Å². The van der Waals surface area contributed by atoms with Crippen LogP contribution in [0, 0.1) is 13.8 Å². The number of para-hydroxylation sites is 2. The zero-order valence-electron chi connectivity index (χ0n) is 28.3. The second-order valence-electron chi connectivity index (χ2n) is 14.5. The molecular formula is C42H55N2PRu. The summed E-state index contributed by atoms with van der Waals surface area (Å²) in [5.74, 6) is 4.56. The van der Waals surface area contributed by atoms with Gasteiger partial charge in [0.25, 0.3) is 0 Å². The Morgan fingerprint density at radius 2 is 1.04 bits per heavy atom. The predicted molar refractivity (Wildman–Crippen MR) is 199 cm³/mol. The molecule has 1 unspecified atom stereocenters. The predicted octanol–water partition coefficient (Wildman–Crippen LogP) is 11.3. The molecule has 0 radical (unpaired) electrons. The minimum Gasteiger partial charge on any atom is -0.326 e. The molecule has 0 aromatic heterocycles. The fourth-order valence-electron chi connectivity index (χ4n) is 9.82. The zero-order valence-corrected chi connectivity index (χ0v) is 31.0. The molecule has 1 saturated heterocycles. The molecule has 2 nitrogen and oxygen atoms in total. The molecule has 46 heavy (non-hydrogen) atoms. The first-order chi connectivity index (χ1) is 22.2. The smallest absolute Gasteiger partial charge is 0.113 e. The van der Waals surface area contributed by atoms with Crippen LogP contribution in [0.2, 0.25) is 0 Å². The first-order valence-electron chi connectivity index (χ1n) is 18.3. The van der Waals surface area contributed by atoms with Gasteiger partial charge in [-0.05, 0) is 105 Å². The van der Waals surface area contributed by atoms with E-state index in [1.54, 1.807) is 5.82 Å².